The molecule has 1 amide bonds. The van der Waals surface area contributed by atoms with Crippen LogP contribution in [0.25, 0.3) is 10.9 Å². The average Bonchev–Trinajstić information content (AvgIpc) is 2.97. The normalized spacial score (nSPS) is 11.8. The molecule has 2 aromatic carbocycles. The molecule has 2 aromatic heterocycles. The molecule has 11 nitrogen and oxygen atoms in total. The monoisotopic (exact) mass is 614 g/mol. The summed E-state index contributed by atoms with van der Waals surface area (Å²) in [5.74, 6) is -4.22. The molecule has 4 rings (SSSR count). The van der Waals surface area contributed by atoms with Gasteiger partial charge in [0.1, 0.15) is 30.6 Å². The van der Waals surface area contributed by atoms with Gasteiger partial charge in [0.15, 0.2) is 0 Å². The zero-order valence-corrected chi connectivity index (χ0v) is 24.8. The number of aliphatic hydroxyl groups excluding tert-OH is 1. The number of alkyl halides is 2. The molecule has 0 aliphatic rings. The minimum absolute atomic E-state index is 0.0124. The number of benzene rings is 2. The zero-order valence-electron chi connectivity index (χ0n) is 24.8. The molecule has 0 radical (unpaired) electrons. The number of aliphatic hydroxyl groups is 1. The number of carbonyl (C=O) groups is 2. The number of pyridine rings is 1. The summed E-state index contributed by atoms with van der Waals surface area (Å²) in [5.41, 5.74) is 0.647. The summed E-state index contributed by atoms with van der Waals surface area (Å²) < 4.78 is 44.6. The van der Waals surface area contributed by atoms with Gasteiger partial charge >= 0.3 is 0 Å². The Morgan fingerprint density at radius 2 is 1.77 bits per heavy atom. The summed E-state index contributed by atoms with van der Waals surface area (Å²) in [7, 11) is 5.01. The van der Waals surface area contributed by atoms with Crippen molar-refractivity contribution in [2.75, 3.05) is 38.0 Å². The second kappa shape index (κ2) is 14.0. The Morgan fingerprint density at radius 3 is 2.39 bits per heavy atom. The van der Waals surface area contributed by atoms with Gasteiger partial charge in [0, 0.05) is 55.7 Å². The van der Waals surface area contributed by atoms with Crippen LogP contribution in [0.4, 0.5) is 30.4 Å². The van der Waals surface area contributed by atoms with Crippen LogP contribution in [0, 0.1) is 12.7 Å². The molecule has 0 unspecified atom stereocenters. The number of hydrogen-bond donors (Lipinski definition) is 3. The smallest absolute Gasteiger partial charge is 0.298 e. The molecule has 0 aliphatic heterocycles. The number of likely N-dealkylation sites (N-methyl/N-ethyl adjacent to an activating group) is 1. The fourth-order valence-electron chi connectivity index (χ4n) is 4.36. The third kappa shape index (κ3) is 7.50. The fraction of sp³-hybridized carbons (Fsp3) is 0.300. The lowest BCUT2D eigenvalue weighted by molar-refractivity contribution is -0.129. The fourth-order valence-corrected chi connectivity index (χ4v) is 4.36. The van der Waals surface area contributed by atoms with Crippen LogP contribution in [0.2, 0.25) is 0 Å². The largest absolute Gasteiger partial charge is 0.483 e. The molecule has 234 valence electrons. The molecule has 3 N–H and O–H groups in total. The van der Waals surface area contributed by atoms with E-state index in [0.29, 0.717) is 33.9 Å². The number of carboxylic acid groups (broad SMARTS) is 1. The van der Waals surface area contributed by atoms with Crippen molar-refractivity contribution in [1.82, 2.24) is 19.4 Å². The topological polar surface area (TPSA) is 141 Å². The van der Waals surface area contributed by atoms with Gasteiger partial charge in [0.05, 0.1) is 17.1 Å². The number of carbonyl (C=O) groups excluding carboxylic acids is 1. The van der Waals surface area contributed by atoms with Crippen molar-refractivity contribution >= 4 is 40.5 Å². The molecule has 0 bridgehead atoms. The van der Waals surface area contributed by atoms with Crippen molar-refractivity contribution in [2.45, 2.75) is 32.4 Å². The number of halogens is 3. The number of nitrogens with one attached hydrogen (secondary N) is 1. The summed E-state index contributed by atoms with van der Waals surface area (Å²) >= 11 is 0. The highest BCUT2D eigenvalue weighted by atomic mass is 19.3. The molecule has 0 fully saturated rings. The molecule has 0 saturated carbocycles. The van der Waals surface area contributed by atoms with Crippen LogP contribution in [-0.2, 0) is 22.1 Å². The minimum atomic E-state index is -3.72. The standard InChI is InChI=1S/C29H31F3N6O3.CH2O2/c1-17(21-7-6-8-23(27(21)30)29(31,32)16-39)33-28-22-13-19(9-10-24(22)34-18(2)35-28)37(5)20-11-12-38(25(40)14-20)15-26(41)36(3)4;2-1-3/h6-14,17,39H,15-16H2,1-5H3,(H,33,34,35);1H,(H,2,3)/t17-;/m1./s1. The van der Waals surface area contributed by atoms with E-state index in [1.54, 1.807) is 64.3 Å². The SMILES string of the molecule is Cc1nc(N[C@H](C)c2cccc(C(F)(F)CO)c2F)c2cc(N(C)c3ccn(CC(=O)N(C)C)c(=O)c3)ccc2n1.O=CO. The third-order valence-corrected chi connectivity index (χ3v) is 6.79. The average molecular weight is 615 g/mol. The summed E-state index contributed by atoms with van der Waals surface area (Å²) in [6, 6.07) is 11.5. The number of rotatable bonds is 9. The van der Waals surface area contributed by atoms with Gasteiger partial charge in [-0.3, -0.25) is 14.4 Å². The van der Waals surface area contributed by atoms with Crippen molar-refractivity contribution < 1.29 is 33.0 Å². The van der Waals surface area contributed by atoms with Crippen molar-refractivity contribution in [3.05, 3.63) is 87.9 Å². The highest BCUT2D eigenvalue weighted by Gasteiger charge is 2.35. The van der Waals surface area contributed by atoms with Crippen molar-refractivity contribution in [3.63, 3.8) is 0 Å². The Morgan fingerprint density at radius 1 is 1.11 bits per heavy atom. The molecule has 1 atom stereocenters. The van der Waals surface area contributed by atoms with Crippen LogP contribution in [0.5, 0.6) is 0 Å². The zero-order chi connectivity index (χ0) is 32.8. The van der Waals surface area contributed by atoms with Gasteiger partial charge in [-0.2, -0.15) is 8.78 Å². The van der Waals surface area contributed by atoms with E-state index in [2.05, 4.69) is 15.3 Å². The maximum atomic E-state index is 15.1. The van der Waals surface area contributed by atoms with Crippen LogP contribution in [0.1, 0.15) is 29.9 Å². The number of aromatic nitrogens is 3. The summed E-state index contributed by atoms with van der Waals surface area (Å²) in [6.07, 6.45) is 1.56. The van der Waals surface area contributed by atoms with Crippen LogP contribution < -0.4 is 15.8 Å². The quantitative estimate of drug-likeness (QED) is 0.238. The number of amides is 1. The van der Waals surface area contributed by atoms with Gasteiger partial charge in [-0.15, -0.1) is 0 Å². The van der Waals surface area contributed by atoms with Crippen molar-refractivity contribution in [2.24, 2.45) is 0 Å². The molecule has 0 aliphatic carbocycles. The second-order valence-electron chi connectivity index (χ2n) is 10.1. The van der Waals surface area contributed by atoms with E-state index < -0.39 is 30.0 Å². The lowest BCUT2D eigenvalue weighted by Gasteiger charge is -2.22. The minimum Gasteiger partial charge on any atom is -0.483 e. The van der Waals surface area contributed by atoms with E-state index in [1.807, 2.05) is 6.07 Å². The number of anilines is 3. The number of nitrogens with zero attached hydrogens (tertiary/aromatic N) is 5. The first-order valence-electron chi connectivity index (χ1n) is 13.3. The van der Waals surface area contributed by atoms with Crippen molar-refractivity contribution in [1.29, 1.82) is 0 Å². The van der Waals surface area contributed by atoms with E-state index >= 15 is 4.39 Å². The first-order valence-corrected chi connectivity index (χ1v) is 13.3. The number of hydrogen-bond acceptors (Lipinski definition) is 8. The van der Waals surface area contributed by atoms with Gasteiger partial charge in [0.2, 0.25) is 5.91 Å². The van der Waals surface area contributed by atoms with E-state index in [-0.39, 0.29) is 30.0 Å². The highest BCUT2D eigenvalue weighted by molar-refractivity contribution is 5.92. The lowest BCUT2D eigenvalue weighted by atomic mass is 10.00. The predicted molar refractivity (Wildman–Crippen MR) is 160 cm³/mol. The molecule has 14 heteroatoms. The summed E-state index contributed by atoms with van der Waals surface area (Å²) in [4.78, 5) is 45.2. The Hall–Kier alpha value is -4.98. The van der Waals surface area contributed by atoms with Crippen LogP contribution in [0.3, 0.4) is 0 Å². The summed E-state index contributed by atoms with van der Waals surface area (Å²) in [5, 5.41) is 19.6. The molecule has 0 spiro atoms. The van der Waals surface area contributed by atoms with E-state index in [0.717, 1.165) is 6.07 Å². The Balaban J connectivity index is 0.00000169. The molecular weight excluding hydrogens is 581 g/mol. The highest BCUT2D eigenvalue weighted by Crippen LogP contribution is 2.35. The third-order valence-electron chi connectivity index (χ3n) is 6.79. The van der Waals surface area contributed by atoms with Gasteiger partial charge in [-0.25, -0.2) is 14.4 Å². The Kier molecular flexibility index (Phi) is 10.7. The molecular formula is C30H33F3N6O5. The Labute approximate surface area is 251 Å². The predicted octanol–water partition coefficient (Wildman–Crippen LogP) is 4.05. The maximum Gasteiger partial charge on any atom is 0.298 e. The van der Waals surface area contributed by atoms with Crippen molar-refractivity contribution in [3.8, 4) is 0 Å². The van der Waals surface area contributed by atoms with Gasteiger partial charge < -0.3 is 29.9 Å². The van der Waals surface area contributed by atoms with E-state index in [9.17, 15) is 18.4 Å². The van der Waals surface area contributed by atoms with E-state index in [4.69, 9.17) is 15.0 Å². The Bertz CT molecular complexity index is 1710. The number of aryl methyl sites for hydroxylation is 1. The number of fused-ring (bicyclic) bond motifs is 1. The van der Waals surface area contributed by atoms with Gasteiger partial charge in [0.25, 0.3) is 18.0 Å². The van der Waals surface area contributed by atoms with Crippen LogP contribution in [-0.4, -0.2) is 69.8 Å². The second-order valence-corrected chi connectivity index (χ2v) is 10.1. The van der Waals surface area contributed by atoms with E-state index in [1.165, 1.54) is 27.7 Å². The maximum absolute atomic E-state index is 15.1. The summed E-state index contributed by atoms with van der Waals surface area (Å²) in [6.45, 7) is 1.49. The molecule has 44 heavy (non-hydrogen) atoms. The van der Waals surface area contributed by atoms with Gasteiger partial charge in [-0.1, -0.05) is 12.1 Å². The van der Waals surface area contributed by atoms with Crippen LogP contribution >= 0.6 is 0 Å². The lowest BCUT2D eigenvalue weighted by Crippen LogP contribution is -2.31. The molecule has 2 heterocycles. The van der Waals surface area contributed by atoms with Crippen LogP contribution in [0.15, 0.2) is 59.5 Å². The first-order chi connectivity index (χ1) is 20.7. The molecule has 0 saturated heterocycles. The first kappa shape index (κ1) is 33.5. The van der Waals surface area contributed by atoms with Gasteiger partial charge in [-0.05, 0) is 44.2 Å². The molecule has 4 aromatic rings.